The largest absolute Gasteiger partial charge is 0.481 e. The molecule has 0 amide bonds. The summed E-state index contributed by atoms with van der Waals surface area (Å²) in [5.41, 5.74) is 2.44. The van der Waals surface area contributed by atoms with Gasteiger partial charge in [0.2, 0.25) is 0 Å². The molecule has 0 unspecified atom stereocenters. The minimum atomic E-state index is -0.833. The van der Waals surface area contributed by atoms with E-state index < -0.39 is 5.97 Å². The summed E-state index contributed by atoms with van der Waals surface area (Å²) in [5.74, 6) is -0.833. The second kappa shape index (κ2) is 9.34. The maximum absolute atomic E-state index is 9.00. The molecule has 4 heteroatoms. The van der Waals surface area contributed by atoms with E-state index in [1.165, 1.54) is 0 Å². The van der Waals surface area contributed by atoms with Gasteiger partial charge in [-0.15, -0.1) is 0 Å². The molecule has 0 aromatic carbocycles. The summed E-state index contributed by atoms with van der Waals surface area (Å²) in [4.78, 5) is 9.00. The van der Waals surface area contributed by atoms with E-state index in [4.69, 9.17) is 9.90 Å². The van der Waals surface area contributed by atoms with Crippen LogP contribution < -0.4 is 5.43 Å². The average molecular weight is 118 g/mol. The highest BCUT2D eigenvalue weighted by Gasteiger charge is 1.65. The maximum Gasteiger partial charge on any atom is 0.300 e. The van der Waals surface area contributed by atoms with Gasteiger partial charge >= 0.3 is 0 Å². The molecule has 0 heterocycles. The monoisotopic (exact) mass is 118 g/mol. The molecule has 0 spiro atoms. The Morgan fingerprint density at radius 2 is 2.00 bits per heavy atom. The smallest absolute Gasteiger partial charge is 0.300 e. The fraction of sp³-hybridized carbons (Fsp3) is 0.500. The average Bonchev–Trinajstić information content (AvgIpc) is 1.65. The van der Waals surface area contributed by atoms with E-state index in [2.05, 4.69) is 17.2 Å². The molecule has 0 rings (SSSR count). The zero-order chi connectivity index (χ0) is 6.99. The molecule has 0 fully saturated rings. The minimum Gasteiger partial charge on any atom is -0.481 e. The molecule has 4 nitrogen and oxygen atoms in total. The number of rotatable bonds is 1. The molecule has 0 aliphatic rings. The van der Waals surface area contributed by atoms with Crippen LogP contribution in [0.5, 0.6) is 0 Å². The Hall–Kier alpha value is -1.06. The lowest BCUT2D eigenvalue weighted by Crippen LogP contribution is -1.88. The van der Waals surface area contributed by atoms with Crippen molar-refractivity contribution in [3.63, 3.8) is 0 Å². The number of carbonyl (C=O) groups is 1. The maximum atomic E-state index is 9.00. The van der Waals surface area contributed by atoms with Crippen molar-refractivity contribution in [3.8, 4) is 0 Å². The van der Waals surface area contributed by atoms with Crippen LogP contribution in [0, 0.1) is 0 Å². The number of hydrogen-bond donors (Lipinski definition) is 2. The summed E-state index contributed by atoms with van der Waals surface area (Å²) in [6, 6.07) is 0. The summed E-state index contributed by atoms with van der Waals surface area (Å²) in [7, 11) is 1.70. The van der Waals surface area contributed by atoms with Crippen LogP contribution in [0.25, 0.3) is 0 Å². The van der Waals surface area contributed by atoms with E-state index in [9.17, 15) is 0 Å². The Morgan fingerprint density at radius 1 is 1.88 bits per heavy atom. The van der Waals surface area contributed by atoms with Crippen LogP contribution in [0.3, 0.4) is 0 Å². The van der Waals surface area contributed by atoms with Gasteiger partial charge in [-0.1, -0.05) is 0 Å². The third-order valence-electron chi connectivity index (χ3n) is 0.158. The number of hydrogen-bond acceptors (Lipinski definition) is 3. The molecule has 0 aliphatic heterocycles. The van der Waals surface area contributed by atoms with Crippen molar-refractivity contribution in [1.82, 2.24) is 5.43 Å². The molecule has 8 heavy (non-hydrogen) atoms. The van der Waals surface area contributed by atoms with Gasteiger partial charge in [0.05, 0.1) is 0 Å². The number of nitrogens with one attached hydrogen (secondary N) is 1. The highest BCUT2D eigenvalue weighted by Crippen LogP contribution is 1.42. The van der Waals surface area contributed by atoms with Crippen LogP contribution in [-0.2, 0) is 4.79 Å². The summed E-state index contributed by atoms with van der Waals surface area (Å²) in [6.07, 6.45) is 0. The van der Waals surface area contributed by atoms with E-state index in [1.54, 1.807) is 7.05 Å². The molecular weight excluding hydrogens is 108 g/mol. The Labute approximate surface area is 48.2 Å². The van der Waals surface area contributed by atoms with E-state index in [-0.39, 0.29) is 0 Å². The lowest BCUT2D eigenvalue weighted by Gasteiger charge is -1.71. The van der Waals surface area contributed by atoms with Gasteiger partial charge in [0.15, 0.2) is 0 Å². The summed E-state index contributed by atoms with van der Waals surface area (Å²) >= 11 is 0. The van der Waals surface area contributed by atoms with Crippen molar-refractivity contribution in [2.75, 3.05) is 7.05 Å². The van der Waals surface area contributed by atoms with Gasteiger partial charge in [-0.2, -0.15) is 5.10 Å². The number of aliphatic carboxylic acids is 1. The first-order valence-corrected chi connectivity index (χ1v) is 1.97. The van der Waals surface area contributed by atoms with Crippen LogP contribution in [0.2, 0.25) is 0 Å². The second-order valence-electron chi connectivity index (χ2n) is 0.901. The van der Waals surface area contributed by atoms with Gasteiger partial charge < -0.3 is 10.5 Å². The highest BCUT2D eigenvalue weighted by atomic mass is 16.4. The van der Waals surface area contributed by atoms with E-state index in [1.807, 2.05) is 0 Å². The Balaban J connectivity index is 0. The number of carboxylic acid groups (broad SMARTS) is 1. The Bertz CT molecular complexity index is 68.4. The zero-order valence-electron chi connectivity index (χ0n) is 5.01. The molecule has 0 aromatic heterocycles. The van der Waals surface area contributed by atoms with Crippen molar-refractivity contribution in [3.05, 3.63) is 0 Å². The lowest BCUT2D eigenvalue weighted by atomic mass is 10.9. The fourth-order valence-corrected chi connectivity index (χ4v) is 0. The van der Waals surface area contributed by atoms with Crippen LogP contribution in [0.15, 0.2) is 5.10 Å². The SMILES string of the molecule is C=NNC.CC(=O)O. The van der Waals surface area contributed by atoms with Crippen LogP contribution >= 0.6 is 0 Å². The van der Waals surface area contributed by atoms with Gasteiger partial charge in [0, 0.05) is 20.7 Å². The third kappa shape index (κ3) is 21300. The van der Waals surface area contributed by atoms with E-state index in [0.717, 1.165) is 6.92 Å². The molecule has 48 valence electrons. The van der Waals surface area contributed by atoms with Gasteiger partial charge in [-0.05, 0) is 0 Å². The van der Waals surface area contributed by atoms with Crippen molar-refractivity contribution in [1.29, 1.82) is 0 Å². The normalized spacial score (nSPS) is 5.75. The molecule has 0 saturated carbocycles. The Morgan fingerprint density at radius 3 is 2.00 bits per heavy atom. The first kappa shape index (κ1) is 10.0. The van der Waals surface area contributed by atoms with Crippen LogP contribution in [0.4, 0.5) is 0 Å². The predicted octanol–water partition coefficient (Wildman–Crippen LogP) is -0.0877. The van der Waals surface area contributed by atoms with E-state index in [0.29, 0.717) is 0 Å². The number of nitrogens with zero attached hydrogens (tertiary/aromatic N) is 1. The molecule has 0 aliphatic carbocycles. The van der Waals surface area contributed by atoms with Crippen molar-refractivity contribution < 1.29 is 9.90 Å². The fourth-order valence-electron chi connectivity index (χ4n) is 0. The summed E-state index contributed by atoms with van der Waals surface area (Å²) in [5, 5.41) is 10.7. The van der Waals surface area contributed by atoms with Crippen molar-refractivity contribution in [2.45, 2.75) is 6.92 Å². The molecule has 0 atom stereocenters. The zero-order valence-corrected chi connectivity index (χ0v) is 5.01. The highest BCUT2D eigenvalue weighted by molar-refractivity contribution is 5.62. The Kier molecular flexibility index (Phi) is 11.7. The molecule has 2 N–H and O–H groups in total. The quantitative estimate of drug-likeness (QED) is 0.373. The third-order valence-corrected chi connectivity index (χ3v) is 0.158. The number of carboxylic acids is 1. The molecule has 0 bridgehead atoms. The summed E-state index contributed by atoms with van der Waals surface area (Å²) in [6.45, 7) is 4.20. The van der Waals surface area contributed by atoms with Gasteiger partial charge in [-0.25, -0.2) is 0 Å². The standard InChI is InChI=1S/C2H6N2.C2H4O2/c1-3-4-2;1-2(3)4/h4H,1H2,2H3;1H3,(H,3,4). The molecular formula is C4H10N2O2. The first-order valence-electron chi connectivity index (χ1n) is 1.97. The van der Waals surface area contributed by atoms with Gasteiger partial charge in [0.1, 0.15) is 0 Å². The molecule has 0 radical (unpaired) electrons. The summed E-state index contributed by atoms with van der Waals surface area (Å²) < 4.78 is 0. The van der Waals surface area contributed by atoms with Crippen LogP contribution in [0.1, 0.15) is 6.92 Å². The topological polar surface area (TPSA) is 61.7 Å². The van der Waals surface area contributed by atoms with Crippen molar-refractivity contribution >= 4 is 12.7 Å². The number of hydrazone groups is 1. The van der Waals surface area contributed by atoms with Gasteiger partial charge in [0.25, 0.3) is 5.97 Å². The predicted molar refractivity (Wildman–Crippen MR) is 31.9 cm³/mol. The second-order valence-corrected chi connectivity index (χ2v) is 0.901. The van der Waals surface area contributed by atoms with E-state index >= 15 is 0 Å². The molecule has 0 saturated heterocycles. The minimum absolute atomic E-state index is 0.833. The van der Waals surface area contributed by atoms with Crippen molar-refractivity contribution in [2.24, 2.45) is 5.10 Å². The van der Waals surface area contributed by atoms with Gasteiger partial charge in [-0.3, -0.25) is 4.79 Å². The first-order chi connectivity index (χ1) is 3.65. The van der Waals surface area contributed by atoms with Crippen LogP contribution in [-0.4, -0.2) is 24.8 Å². The lowest BCUT2D eigenvalue weighted by molar-refractivity contribution is -0.134. The molecule has 0 aromatic rings.